The van der Waals surface area contributed by atoms with E-state index in [-0.39, 0.29) is 5.91 Å². The van der Waals surface area contributed by atoms with Gasteiger partial charge in [-0.05, 0) is 19.3 Å². The van der Waals surface area contributed by atoms with Crippen LogP contribution in [0.4, 0.5) is 0 Å². The molecule has 0 fully saturated rings. The van der Waals surface area contributed by atoms with Gasteiger partial charge in [0.2, 0.25) is 5.91 Å². The first-order chi connectivity index (χ1) is 5.81. The maximum Gasteiger partial charge on any atom is 0.219 e. The molecule has 0 unspecified atom stereocenters. The van der Waals surface area contributed by atoms with Crippen LogP contribution in [-0.2, 0) is 4.79 Å². The summed E-state index contributed by atoms with van der Waals surface area (Å²) in [5.41, 5.74) is 0. The van der Waals surface area contributed by atoms with Crippen LogP contribution in [0.3, 0.4) is 0 Å². The number of carbonyl (C=O) groups excluding carboxylic acids is 1. The Morgan fingerprint density at radius 1 is 1.33 bits per heavy atom. The van der Waals surface area contributed by atoms with Crippen LogP contribution in [0, 0.1) is 0 Å². The first-order valence-electron chi connectivity index (χ1n) is 4.64. The van der Waals surface area contributed by atoms with Gasteiger partial charge in [0.15, 0.2) is 0 Å². The van der Waals surface area contributed by atoms with Crippen molar-refractivity contribution in [2.24, 2.45) is 0 Å². The molecule has 1 N–H and O–H groups in total. The number of hydrogen-bond donors (Lipinski definition) is 1. The summed E-state index contributed by atoms with van der Waals surface area (Å²) in [6, 6.07) is 0. The van der Waals surface area contributed by atoms with E-state index >= 15 is 0 Å². The molecule has 1 amide bonds. The second-order valence-electron chi connectivity index (χ2n) is 2.85. The third kappa shape index (κ3) is 8.05. The Bertz CT molecular complexity index is 117. The lowest BCUT2D eigenvalue weighted by molar-refractivity contribution is -0.121. The normalized spacial score (nSPS) is 9.83. The maximum atomic E-state index is 11.0. The minimum Gasteiger partial charge on any atom is -0.356 e. The zero-order chi connectivity index (χ0) is 9.23. The third-order valence-corrected chi connectivity index (χ3v) is 2.20. The van der Waals surface area contributed by atoms with E-state index in [9.17, 15) is 4.79 Å². The van der Waals surface area contributed by atoms with Gasteiger partial charge in [-0.1, -0.05) is 29.3 Å². The van der Waals surface area contributed by atoms with Gasteiger partial charge < -0.3 is 5.32 Å². The molecule has 0 aromatic heterocycles. The van der Waals surface area contributed by atoms with Gasteiger partial charge in [0.1, 0.15) is 0 Å². The van der Waals surface area contributed by atoms with Crippen molar-refractivity contribution >= 4 is 21.8 Å². The first-order valence-corrected chi connectivity index (χ1v) is 5.76. The highest BCUT2D eigenvalue weighted by atomic mass is 79.9. The van der Waals surface area contributed by atoms with Crippen LogP contribution in [-0.4, -0.2) is 17.8 Å². The molecular formula is C9H18BrNO. The molecule has 0 rings (SSSR count). The standard InChI is InChI=1S/C9H18BrNO/c1-2-3-6-9(12)11-8-5-4-7-10/h2-8H2,1H3,(H,11,12). The molecule has 0 aliphatic carbocycles. The highest BCUT2D eigenvalue weighted by Gasteiger charge is 1.97. The fourth-order valence-electron chi connectivity index (χ4n) is 0.873. The van der Waals surface area contributed by atoms with Crippen LogP contribution in [0.1, 0.15) is 39.0 Å². The van der Waals surface area contributed by atoms with Crippen molar-refractivity contribution in [1.82, 2.24) is 5.32 Å². The van der Waals surface area contributed by atoms with Crippen LogP contribution in [0.25, 0.3) is 0 Å². The molecule has 0 heterocycles. The molecule has 0 aliphatic rings. The van der Waals surface area contributed by atoms with Crippen molar-refractivity contribution in [3.05, 3.63) is 0 Å². The van der Waals surface area contributed by atoms with Gasteiger partial charge in [0.25, 0.3) is 0 Å². The number of nitrogens with one attached hydrogen (secondary N) is 1. The number of carbonyl (C=O) groups is 1. The molecule has 12 heavy (non-hydrogen) atoms. The predicted molar refractivity (Wildman–Crippen MR) is 55.6 cm³/mol. The van der Waals surface area contributed by atoms with E-state index < -0.39 is 0 Å². The van der Waals surface area contributed by atoms with Crippen molar-refractivity contribution in [3.63, 3.8) is 0 Å². The summed E-state index contributed by atoms with van der Waals surface area (Å²) in [6.07, 6.45) is 4.99. The van der Waals surface area contributed by atoms with Gasteiger partial charge >= 0.3 is 0 Å². The minimum absolute atomic E-state index is 0.200. The van der Waals surface area contributed by atoms with Gasteiger partial charge in [-0.3, -0.25) is 4.79 Å². The fourth-order valence-corrected chi connectivity index (χ4v) is 1.27. The minimum atomic E-state index is 0.200. The quantitative estimate of drug-likeness (QED) is 0.534. The van der Waals surface area contributed by atoms with Gasteiger partial charge in [-0.25, -0.2) is 0 Å². The molecule has 0 saturated carbocycles. The SMILES string of the molecule is CCCCC(=O)NCCCCBr. The Kier molecular flexibility index (Phi) is 9.00. The van der Waals surface area contributed by atoms with Crippen LogP contribution in [0.2, 0.25) is 0 Å². The summed E-state index contributed by atoms with van der Waals surface area (Å²) in [7, 11) is 0. The van der Waals surface area contributed by atoms with Crippen molar-refractivity contribution in [2.75, 3.05) is 11.9 Å². The zero-order valence-corrected chi connectivity index (χ0v) is 9.32. The Hall–Kier alpha value is -0.0500. The molecule has 0 saturated heterocycles. The van der Waals surface area contributed by atoms with Crippen LogP contribution in [0.5, 0.6) is 0 Å². The molecular weight excluding hydrogens is 218 g/mol. The summed E-state index contributed by atoms with van der Waals surface area (Å²) in [4.78, 5) is 11.0. The molecule has 0 bridgehead atoms. The lowest BCUT2D eigenvalue weighted by Crippen LogP contribution is -2.23. The highest BCUT2D eigenvalue weighted by molar-refractivity contribution is 9.09. The largest absolute Gasteiger partial charge is 0.356 e. The molecule has 72 valence electrons. The molecule has 0 radical (unpaired) electrons. The van der Waals surface area contributed by atoms with Crippen molar-refractivity contribution in [3.8, 4) is 0 Å². The van der Waals surface area contributed by atoms with Crippen LogP contribution in [0.15, 0.2) is 0 Å². The maximum absolute atomic E-state index is 11.0. The summed E-state index contributed by atoms with van der Waals surface area (Å²) in [6.45, 7) is 2.92. The van der Waals surface area contributed by atoms with E-state index in [4.69, 9.17) is 0 Å². The highest BCUT2D eigenvalue weighted by Crippen LogP contribution is 1.95. The molecule has 0 atom stereocenters. The molecule has 0 spiro atoms. The number of rotatable bonds is 7. The van der Waals surface area contributed by atoms with Gasteiger partial charge in [0, 0.05) is 18.3 Å². The molecule has 2 nitrogen and oxygen atoms in total. The van der Waals surface area contributed by atoms with E-state index in [1.165, 1.54) is 0 Å². The van der Waals surface area contributed by atoms with E-state index in [1.54, 1.807) is 0 Å². The summed E-state index contributed by atoms with van der Waals surface area (Å²) in [5, 5.41) is 3.92. The van der Waals surface area contributed by atoms with Crippen LogP contribution >= 0.6 is 15.9 Å². The van der Waals surface area contributed by atoms with Crippen molar-refractivity contribution in [1.29, 1.82) is 0 Å². The van der Waals surface area contributed by atoms with Crippen molar-refractivity contribution < 1.29 is 4.79 Å². The third-order valence-electron chi connectivity index (χ3n) is 1.64. The Morgan fingerprint density at radius 2 is 2.08 bits per heavy atom. The van der Waals surface area contributed by atoms with E-state index in [2.05, 4.69) is 28.2 Å². The fraction of sp³-hybridized carbons (Fsp3) is 0.889. The topological polar surface area (TPSA) is 29.1 Å². The lowest BCUT2D eigenvalue weighted by atomic mass is 10.2. The molecule has 0 aromatic carbocycles. The zero-order valence-electron chi connectivity index (χ0n) is 7.74. The second-order valence-corrected chi connectivity index (χ2v) is 3.64. The Balaban J connectivity index is 3.08. The molecule has 3 heteroatoms. The van der Waals surface area contributed by atoms with Gasteiger partial charge in [0.05, 0.1) is 0 Å². The summed E-state index contributed by atoms with van der Waals surface area (Å²) in [5.74, 6) is 0.200. The molecule has 0 aliphatic heterocycles. The smallest absolute Gasteiger partial charge is 0.219 e. The number of alkyl halides is 1. The molecule has 0 aromatic rings. The number of amides is 1. The predicted octanol–water partition coefficient (Wildman–Crippen LogP) is 2.47. The van der Waals surface area contributed by atoms with E-state index in [0.29, 0.717) is 6.42 Å². The Morgan fingerprint density at radius 3 is 2.67 bits per heavy atom. The average Bonchev–Trinajstić information content (AvgIpc) is 2.09. The second kappa shape index (κ2) is 9.04. The number of hydrogen-bond acceptors (Lipinski definition) is 1. The van der Waals surface area contributed by atoms with Gasteiger partial charge in [-0.15, -0.1) is 0 Å². The monoisotopic (exact) mass is 235 g/mol. The average molecular weight is 236 g/mol. The van der Waals surface area contributed by atoms with E-state index in [0.717, 1.165) is 37.6 Å². The van der Waals surface area contributed by atoms with Gasteiger partial charge in [-0.2, -0.15) is 0 Å². The van der Waals surface area contributed by atoms with E-state index in [1.807, 2.05) is 0 Å². The summed E-state index contributed by atoms with van der Waals surface area (Å²) < 4.78 is 0. The number of halogens is 1. The summed E-state index contributed by atoms with van der Waals surface area (Å²) >= 11 is 3.35. The first kappa shape index (κ1) is 11.9. The van der Waals surface area contributed by atoms with Crippen LogP contribution < -0.4 is 5.32 Å². The Labute approximate surface area is 83.2 Å². The number of unbranched alkanes of at least 4 members (excludes halogenated alkanes) is 2. The lowest BCUT2D eigenvalue weighted by Gasteiger charge is -2.02. The van der Waals surface area contributed by atoms with Crippen molar-refractivity contribution in [2.45, 2.75) is 39.0 Å².